The van der Waals surface area contributed by atoms with E-state index in [-0.39, 0.29) is 0 Å². The number of anilines is 1. The lowest BCUT2D eigenvalue weighted by atomic mass is 9.94. The van der Waals surface area contributed by atoms with Crippen LogP contribution in [0.5, 0.6) is 0 Å². The van der Waals surface area contributed by atoms with E-state index in [9.17, 15) is 0 Å². The molecule has 3 N–H and O–H groups in total. The summed E-state index contributed by atoms with van der Waals surface area (Å²) in [6.07, 6.45) is 9.33. The van der Waals surface area contributed by atoms with E-state index in [0.29, 0.717) is 6.04 Å². The third kappa shape index (κ3) is 2.47. The van der Waals surface area contributed by atoms with Gasteiger partial charge in [-0.15, -0.1) is 0 Å². The Balaban J connectivity index is 1.61. The van der Waals surface area contributed by atoms with E-state index in [1.165, 1.54) is 49.7 Å². The Morgan fingerprint density at radius 3 is 2.53 bits per heavy atom. The lowest BCUT2D eigenvalue weighted by Gasteiger charge is -2.26. The molecule has 0 spiro atoms. The van der Waals surface area contributed by atoms with Gasteiger partial charge in [-0.3, -0.25) is 0 Å². The largest absolute Gasteiger partial charge is 0.399 e. The first-order valence-corrected chi connectivity index (χ1v) is 6.94. The van der Waals surface area contributed by atoms with Crippen LogP contribution in [0, 0.1) is 0 Å². The zero-order chi connectivity index (χ0) is 11.7. The van der Waals surface area contributed by atoms with Crippen LogP contribution in [0.1, 0.15) is 43.2 Å². The zero-order valence-corrected chi connectivity index (χ0v) is 10.4. The molecular formula is C15H22N2. The molecule has 1 fully saturated rings. The minimum atomic E-state index is 0.648. The van der Waals surface area contributed by atoms with Crippen molar-refractivity contribution in [2.24, 2.45) is 0 Å². The molecule has 1 unspecified atom stereocenters. The molecule has 0 amide bonds. The molecule has 92 valence electrons. The van der Waals surface area contributed by atoms with Crippen molar-refractivity contribution in [1.82, 2.24) is 5.32 Å². The molecule has 0 heterocycles. The van der Waals surface area contributed by atoms with E-state index in [1.807, 2.05) is 6.07 Å². The number of rotatable bonds is 2. The van der Waals surface area contributed by atoms with Gasteiger partial charge < -0.3 is 11.1 Å². The van der Waals surface area contributed by atoms with Gasteiger partial charge in [-0.2, -0.15) is 0 Å². The Morgan fingerprint density at radius 2 is 1.71 bits per heavy atom. The van der Waals surface area contributed by atoms with Crippen molar-refractivity contribution >= 4 is 5.69 Å². The number of benzene rings is 1. The smallest absolute Gasteiger partial charge is 0.0316 e. The summed E-state index contributed by atoms with van der Waals surface area (Å²) < 4.78 is 0. The highest BCUT2D eigenvalue weighted by molar-refractivity contribution is 5.47. The highest BCUT2D eigenvalue weighted by Crippen LogP contribution is 2.26. The fourth-order valence-electron chi connectivity index (χ4n) is 3.36. The Morgan fingerprint density at radius 1 is 0.941 bits per heavy atom. The molecule has 2 heteroatoms. The van der Waals surface area contributed by atoms with Crippen LogP contribution in [0.25, 0.3) is 0 Å². The van der Waals surface area contributed by atoms with Gasteiger partial charge in [0, 0.05) is 17.8 Å². The van der Waals surface area contributed by atoms with Crippen molar-refractivity contribution in [2.75, 3.05) is 5.73 Å². The fourth-order valence-corrected chi connectivity index (χ4v) is 3.36. The van der Waals surface area contributed by atoms with Crippen molar-refractivity contribution in [3.8, 4) is 0 Å². The van der Waals surface area contributed by atoms with Crippen molar-refractivity contribution in [3.05, 3.63) is 29.3 Å². The van der Waals surface area contributed by atoms with Crippen LogP contribution in [0.4, 0.5) is 5.69 Å². The van der Waals surface area contributed by atoms with E-state index in [2.05, 4.69) is 17.4 Å². The molecule has 1 saturated carbocycles. The molecule has 2 aliphatic carbocycles. The molecule has 0 aliphatic heterocycles. The Kier molecular flexibility index (Phi) is 3.06. The molecule has 0 aromatic heterocycles. The van der Waals surface area contributed by atoms with Gasteiger partial charge in [0.2, 0.25) is 0 Å². The lowest BCUT2D eigenvalue weighted by molar-refractivity contribution is 0.339. The first kappa shape index (κ1) is 11.1. The van der Waals surface area contributed by atoms with Gasteiger partial charge in [0.05, 0.1) is 0 Å². The van der Waals surface area contributed by atoms with Gasteiger partial charge in [-0.1, -0.05) is 25.3 Å². The third-order valence-corrected chi connectivity index (χ3v) is 4.24. The lowest BCUT2D eigenvalue weighted by Crippen LogP contribution is -2.39. The Bertz CT molecular complexity index is 394. The first-order chi connectivity index (χ1) is 8.31. The van der Waals surface area contributed by atoms with Crippen molar-refractivity contribution in [2.45, 2.75) is 57.0 Å². The van der Waals surface area contributed by atoms with Gasteiger partial charge >= 0.3 is 0 Å². The summed E-state index contributed by atoms with van der Waals surface area (Å²) in [7, 11) is 0. The van der Waals surface area contributed by atoms with Crippen LogP contribution in [0.15, 0.2) is 18.2 Å². The minimum absolute atomic E-state index is 0.648. The van der Waals surface area contributed by atoms with Gasteiger partial charge in [0.1, 0.15) is 0 Å². The predicted octanol–water partition coefficient (Wildman–Crippen LogP) is 2.66. The number of nitrogens with two attached hydrogens (primary N) is 1. The van der Waals surface area contributed by atoms with Gasteiger partial charge in [0.25, 0.3) is 0 Å². The second-order valence-electron chi connectivity index (χ2n) is 5.63. The van der Waals surface area contributed by atoms with Crippen molar-refractivity contribution in [3.63, 3.8) is 0 Å². The van der Waals surface area contributed by atoms with E-state index in [0.717, 1.165) is 18.2 Å². The molecule has 0 radical (unpaired) electrons. The number of hydrogen-bond acceptors (Lipinski definition) is 2. The molecule has 1 atom stereocenters. The SMILES string of the molecule is Nc1ccc2c(c1)CC(NC1CCCCC1)C2. The maximum absolute atomic E-state index is 5.84. The van der Waals surface area contributed by atoms with E-state index in [1.54, 1.807) is 0 Å². The predicted molar refractivity (Wildman–Crippen MR) is 72.1 cm³/mol. The van der Waals surface area contributed by atoms with Gasteiger partial charge in [-0.25, -0.2) is 0 Å². The average Bonchev–Trinajstić information content (AvgIpc) is 2.71. The summed E-state index contributed by atoms with van der Waals surface area (Å²) >= 11 is 0. The molecule has 1 aromatic rings. The quantitative estimate of drug-likeness (QED) is 0.767. The molecular weight excluding hydrogens is 208 g/mol. The molecule has 3 rings (SSSR count). The standard InChI is InChI=1S/C15H22N2/c16-13-7-6-11-9-15(10-12(11)8-13)17-14-4-2-1-3-5-14/h6-8,14-15,17H,1-5,9-10,16H2. The molecule has 2 nitrogen and oxygen atoms in total. The maximum Gasteiger partial charge on any atom is 0.0316 e. The summed E-state index contributed by atoms with van der Waals surface area (Å²) in [6.45, 7) is 0. The molecule has 0 bridgehead atoms. The Hall–Kier alpha value is -1.02. The van der Waals surface area contributed by atoms with E-state index < -0.39 is 0 Å². The first-order valence-electron chi connectivity index (χ1n) is 6.94. The van der Waals surface area contributed by atoms with E-state index in [4.69, 9.17) is 5.73 Å². The molecule has 17 heavy (non-hydrogen) atoms. The maximum atomic E-state index is 5.84. The van der Waals surface area contributed by atoms with Crippen LogP contribution in [0.3, 0.4) is 0 Å². The number of nitrogens with one attached hydrogen (secondary N) is 1. The van der Waals surface area contributed by atoms with Gasteiger partial charge in [0.15, 0.2) is 0 Å². The summed E-state index contributed by atoms with van der Waals surface area (Å²) in [6, 6.07) is 7.79. The molecule has 0 saturated heterocycles. The van der Waals surface area contributed by atoms with Crippen molar-refractivity contribution in [1.29, 1.82) is 0 Å². The normalized spacial score (nSPS) is 24.8. The van der Waals surface area contributed by atoms with E-state index >= 15 is 0 Å². The zero-order valence-electron chi connectivity index (χ0n) is 10.4. The second kappa shape index (κ2) is 4.69. The highest BCUT2D eigenvalue weighted by atomic mass is 15.0. The van der Waals surface area contributed by atoms with Crippen LogP contribution in [0.2, 0.25) is 0 Å². The van der Waals surface area contributed by atoms with Gasteiger partial charge in [-0.05, 0) is 48.9 Å². The summed E-state index contributed by atoms with van der Waals surface area (Å²) in [4.78, 5) is 0. The van der Waals surface area contributed by atoms with Crippen LogP contribution in [-0.2, 0) is 12.8 Å². The topological polar surface area (TPSA) is 38.0 Å². The number of fused-ring (bicyclic) bond motifs is 1. The monoisotopic (exact) mass is 230 g/mol. The summed E-state index contributed by atoms with van der Waals surface area (Å²) in [5.41, 5.74) is 9.69. The number of hydrogen-bond donors (Lipinski definition) is 2. The minimum Gasteiger partial charge on any atom is -0.399 e. The Labute approximate surface area is 104 Å². The highest BCUT2D eigenvalue weighted by Gasteiger charge is 2.24. The molecule has 2 aliphatic rings. The second-order valence-corrected chi connectivity index (χ2v) is 5.63. The molecule has 1 aromatic carbocycles. The van der Waals surface area contributed by atoms with Crippen LogP contribution < -0.4 is 11.1 Å². The number of nitrogen functional groups attached to an aromatic ring is 1. The van der Waals surface area contributed by atoms with Crippen molar-refractivity contribution < 1.29 is 0 Å². The third-order valence-electron chi connectivity index (χ3n) is 4.24. The van der Waals surface area contributed by atoms with Crippen LogP contribution >= 0.6 is 0 Å². The fraction of sp³-hybridized carbons (Fsp3) is 0.600. The van der Waals surface area contributed by atoms with Crippen LogP contribution in [-0.4, -0.2) is 12.1 Å². The summed E-state index contributed by atoms with van der Waals surface area (Å²) in [5, 5.41) is 3.84. The summed E-state index contributed by atoms with van der Waals surface area (Å²) in [5.74, 6) is 0. The average molecular weight is 230 g/mol.